The molecule has 0 bridgehead atoms. The number of aromatic nitrogens is 1. The largest absolute Gasteiger partial charge is 0.480 e. The summed E-state index contributed by atoms with van der Waals surface area (Å²) in [5, 5.41) is 8.62. The number of halogens is 3. The van der Waals surface area contributed by atoms with Crippen molar-refractivity contribution in [1.82, 2.24) is 9.88 Å². The molecule has 23 heavy (non-hydrogen) atoms. The van der Waals surface area contributed by atoms with Gasteiger partial charge in [0.05, 0.1) is 5.56 Å². The minimum atomic E-state index is -4.45. The van der Waals surface area contributed by atoms with E-state index in [1.807, 2.05) is 0 Å². The average Bonchev–Trinajstić information content (AvgIpc) is 2.94. The second-order valence-corrected chi connectivity index (χ2v) is 4.67. The fourth-order valence-electron chi connectivity index (χ4n) is 1.78. The van der Waals surface area contributed by atoms with Gasteiger partial charge in [0.15, 0.2) is 5.69 Å². The molecule has 1 heterocycles. The van der Waals surface area contributed by atoms with Crippen LogP contribution in [0, 0.1) is 0 Å². The summed E-state index contributed by atoms with van der Waals surface area (Å²) in [4.78, 5) is 27.3. The second kappa shape index (κ2) is 6.11. The zero-order valence-corrected chi connectivity index (χ0v) is 11.8. The number of oxazole rings is 1. The number of carbonyl (C=O) groups is 2. The monoisotopic (exact) mass is 328 g/mol. The number of carboxylic acid groups (broad SMARTS) is 1. The zero-order chi connectivity index (χ0) is 17.2. The Labute approximate surface area is 128 Å². The Bertz CT molecular complexity index is 722. The summed E-state index contributed by atoms with van der Waals surface area (Å²) in [6.07, 6.45) is -3.43. The summed E-state index contributed by atoms with van der Waals surface area (Å²) >= 11 is 0. The highest BCUT2D eigenvalue weighted by Gasteiger charge is 2.30. The molecule has 0 fully saturated rings. The van der Waals surface area contributed by atoms with Gasteiger partial charge in [-0.1, -0.05) is 0 Å². The lowest BCUT2D eigenvalue weighted by Gasteiger charge is -2.11. The normalized spacial score (nSPS) is 11.3. The lowest BCUT2D eigenvalue weighted by Crippen LogP contribution is -2.32. The molecule has 0 radical (unpaired) electrons. The zero-order valence-electron chi connectivity index (χ0n) is 11.8. The number of alkyl halides is 3. The molecule has 0 atom stereocenters. The molecule has 9 heteroatoms. The molecule has 2 rings (SSSR count). The van der Waals surface area contributed by atoms with Gasteiger partial charge in [-0.25, -0.2) is 4.98 Å². The van der Waals surface area contributed by atoms with E-state index < -0.39 is 30.2 Å². The van der Waals surface area contributed by atoms with Gasteiger partial charge in [-0.2, -0.15) is 13.2 Å². The van der Waals surface area contributed by atoms with Gasteiger partial charge in [0.2, 0.25) is 5.89 Å². The van der Waals surface area contributed by atoms with E-state index >= 15 is 0 Å². The Morgan fingerprint density at radius 2 is 1.87 bits per heavy atom. The number of nitrogens with zero attached hydrogens (tertiary/aromatic N) is 2. The first-order valence-electron chi connectivity index (χ1n) is 6.29. The number of carbonyl (C=O) groups excluding carboxylic acids is 1. The second-order valence-electron chi connectivity index (χ2n) is 4.67. The summed E-state index contributed by atoms with van der Waals surface area (Å²) in [6.45, 7) is -0.513. The van der Waals surface area contributed by atoms with Gasteiger partial charge in [-0.15, -0.1) is 0 Å². The van der Waals surface area contributed by atoms with E-state index in [4.69, 9.17) is 9.52 Å². The first-order chi connectivity index (χ1) is 10.7. The number of likely N-dealkylation sites (N-methyl/N-ethyl adjacent to an activating group) is 1. The highest BCUT2D eigenvalue weighted by molar-refractivity contribution is 5.94. The lowest BCUT2D eigenvalue weighted by atomic mass is 10.1. The molecule has 1 aromatic carbocycles. The maximum Gasteiger partial charge on any atom is 0.416 e. The number of amides is 1. The van der Waals surface area contributed by atoms with Crippen molar-refractivity contribution >= 4 is 11.9 Å². The number of benzene rings is 1. The van der Waals surface area contributed by atoms with Gasteiger partial charge in [0.25, 0.3) is 5.91 Å². The van der Waals surface area contributed by atoms with Crippen LogP contribution in [0.25, 0.3) is 11.5 Å². The Morgan fingerprint density at radius 1 is 1.26 bits per heavy atom. The topological polar surface area (TPSA) is 83.6 Å². The molecular formula is C14H11F3N2O4. The van der Waals surface area contributed by atoms with Crippen LogP contribution in [0.2, 0.25) is 0 Å². The molecule has 2 aromatic rings. The molecule has 0 unspecified atom stereocenters. The van der Waals surface area contributed by atoms with Crippen molar-refractivity contribution in [2.24, 2.45) is 0 Å². The van der Waals surface area contributed by atoms with Crippen LogP contribution in [0.1, 0.15) is 16.1 Å². The Hall–Kier alpha value is -2.84. The minimum Gasteiger partial charge on any atom is -0.480 e. The van der Waals surface area contributed by atoms with Crippen molar-refractivity contribution in [2.75, 3.05) is 13.6 Å². The van der Waals surface area contributed by atoms with Crippen molar-refractivity contribution in [3.63, 3.8) is 0 Å². The van der Waals surface area contributed by atoms with Crippen molar-refractivity contribution < 1.29 is 32.3 Å². The van der Waals surface area contributed by atoms with Crippen molar-refractivity contribution in [2.45, 2.75) is 6.18 Å². The SMILES string of the molecule is CN(CC(=O)O)C(=O)c1coc(-c2ccc(C(F)(F)F)cc2)n1. The first kappa shape index (κ1) is 16.5. The van der Waals surface area contributed by atoms with Crippen molar-refractivity contribution in [3.8, 4) is 11.5 Å². The van der Waals surface area contributed by atoms with E-state index in [9.17, 15) is 22.8 Å². The quantitative estimate of drug-likeness (QED) is 0.932. The average molecular weight is 328 g/mol. The first-order valence-corrected chi connectivity index (χ1v) is 6.29. The maximum absolute atomic E-state index is 12.5. The fraction of sp³-hybridized carbons (Fsp3) is 0.214. The number of hydrogen-bond acceptors (Lipinski definition) is 4. The van der Waals surface area contributed by atoms with Gasteiger partial charge >= 0.3 is 12.1 Å². The van der Waals surface area contributed by atoms with Gasteiger partial charge in [0, 0.05) is 12.6 Å². The van der Waals surface area contributed by atoms with Gasteiger partial charge < -0.3 is 14.4 Å². The maximum atomic E-state index is 12.5. The summed E-state index contributed by atoms with van der Waals surface area (Å²) in [6, 6.07) is 4.09. The third kappa shape index (κ3) is 3.87. The van der Waals surface area contributed by atoms with Crippen LogP contribution < -0.4 is 0 Å². The molecule has 122 valence electrons. The van der Waals surface area contributed by atoms with Gasteiger partial charge in [0.1, 0.15) is 12.8 Å². The molecule has 0 aliphatic heterocycles. The van der Waals surface area contributed by atoms with Gasteiger partial charge in [-0.05, 0) is 24.3 Å². The van der Waals surface area contributed by atoms with Crippen LogP contribution in [0.15, 0.2) is 34.9 Å². The Balaban J connectivity index is 2.19. The summed E-state index contributed by atoms with van der Waals surface area (Å²) in [5.74, 6) is -1.90. The molecule has 1 N–H and O–H groups in total. The molecule has 1 aromatic heterocycles. The van der Waals surface area contributed by atoms with Crippen molar-refractivity contribution in [1.29, 1.82) is 0 Å². The van der Waals surface area contributed by atoms with Crippen LogP contribution in [0.5, 0.6) is 0 Å². The molecule has 0 aliphatic carbocycles. The van der Waals surface area contributed by atoms with E-state index in [0.29, 0.717) is 0 Å². The third-order valence-electron chi connectivity index (χ3n) is 2.90. The Kier molecular flexibility index (Phi) is 4.39. The Morgan fingerprint density at radius 3 is 2.39 bits per heavy atom. The lowest BCUT2D eigenvalue weighted by molar-refractivity contribution is -0.138. The molecule has 6 nitrogen and oxygen atoms in total. The van der Waals surface area contributed by atoms with Crippen LogP contribution in [0.4, 0.5) is 13.2 Å². The van der Waals surface area contributed by atoms with E-state index in [0.717, 1.165) is 23.3 Å². The fourth-order valence-corrected chi connectivity index (χ4v) is 1.78. The summed E-state index contributed by atoms with van der Waals surface area (Å²) in [5.41, 5.74) is -0.688. The standard InChI is InChI=1S/C14H11F3N2O4/c1-19(6-11(20)21)13(22)10-7-23-12(18-10)8-2-4-9(5-3-8)14(15,16)17/h2-5,7H,6H2,1H3,(H,20,21). The molecule has 1 amide bonds. The molecule has 0 aliphatic rings. The number of carboxylic acids is 1. The van der Waals surface area contributed by atoms with Crippen molar-refractivity contribution in [3.05, 3.63) is 41.8 Å². The van der Waals surface area contributed by atoms with E-state index in [1.54, 1.807) is 0 Å². The van der Waals surface area contributed by atoms with Crippen LogP contribution in [-0.4, -0.2) is 40.5 Å². The number of aliphatic carboxylic acids is 1. The van der Waals surface area contributed by atoms with E-state index in [2.05, 4.69) is 4.98 Å². The highest BCUT2D eigenvalue weighted by atomic mass is 19.4. The predicted octanol–water partition coefficient (Wildman–Crippen LogP) is 2.52. The number of hydrogen-bond donors (Lipinski definition) is 1. The molecule has 0 saturated carbocycles. The summed E-state index contributed by atoms with van der Waals surface area (Å²) < 4.78 is 42.5. The molecule has 0 spiro atoms. The van der Waals surface area contributed by atoms with Crippen LogP contribution in [-0.2, 0) is 11.0 Å². The summed E-state index contributed by atoms with van der Waals surface area (Å²) in [7, 11) is 1.28. The third-order valence-corrected chi connectivity index (χ3v) is 2.90. The predicted molar refractivity (Wildman–Crippen MR) is 71.5 cm³/mol. The highest BCUT2D eigenvalue weighted by Crippen LogP contribution is 2.30. The van der Waals surface area contributed by atoms with Crippen LogP contribution in [0.3, 0.4) is 0 Å². The minimum absolute atomic E-state index is 0.0363. The van der Waals surface area contributed by atoms with Crippen LogP contribution >= 0.6 is 0 Å². The van der Waals surface area contributed by atoms with Gasteiger partial charge in [-0.3, -0.25) is 9.59 Å². The van der Waals surface area contributed by atoms with E-state index in [1.165, 1.54) is 19.2 Å². The smallest absolute Gasteiger partial charge is 0.416 e. The molecular weight excluding hydrogens is 317 g/mol. The van der Waals surface area contributed by atoms with E-state index in [-0.39, 0.29) is 17.1 Å². The number of rotatable bonds is 4. The molecule has 0 saturated heterocycles.